The van der Waals surface area contributed by atoms with E-state index in [4.69, 9.17) is 17.3 Å². The first kappa shape index (κ1) is 14.5. The van der Waals surface area contributed by atoms with E-state index in [1.54, 1.807) is 6.07 Å². The van der Waals surface area contributed by atoms with Gasteiger partial charge < -0.3 is 5.73 Å². The summed E-state index contributed by atoms with van der Waals surface area (Å²) in [6.45, 7) is 1.84. The maximum Gasteiger partial charge on any atom is 0.129 e. The monoisotopic (exact) mass is 291 g/mol. The van der Waals surface area contributed by atoms with E-state index in [0.29, 0.717) is 10.6 Å². The molecule has 0 aliphatic rings. The Kier molecular flexibility index (Phi) is 4.95. The van der Waals surface area contributed by atoms with Gasteiger partial charge in [0, 0.05) is 5.56 Å². The number of rotatable bonds is 2. The molecular weight excluding hydrogens is 280 g/mol. The van der Waals surface area contributed by atoms with Crippen molar-refractivity contribution >= 4 is 35.3 Å². The SMILES string of the molecule is Cc1ccc(F)c([C@@H](N)c2ccsc2)c1Cl.Cl. The van der Waals surface area contributed by atoms with Gasteiger partial charge in [-0.2, -0.15) is 11.3 Å². The second-order valence-corrected chi connectivity index (χ2v) is 4.78. The number of aryl methyl sites for hydroxylation is 1. The van der Waals surface area contributed by atoms with Crippen LogP contribution in [0.1, 0.15) is 22.7 Å². The first-order valence-corrected chi connectivity index (χ1v) is 6.15. The Bertz CT molecular complexity index is 499. The maximum atomic E-state index is 13.7. The summed E-state index contributed by atoms with van der Waals surface area (Å²) in [6.07, 6.45) is 0. The first-order valence-electron chi connectivity index (χ1n) is 4.83. The molecule has 2 rings (SSSR count). The molecular formula is C12H12Cl2FNS. The average Bonchev–Trinajstić information content (AvgIpc) is 2.77. The normalized spacial score (nSPS) is 12.0. The number of nitrogens with two attached hydrogens (primary N) is 1. The van der Waals surface area contributed by atoms with Crippen LogP contribution in [0.2, 0.25) is 5.02 Å². The van der Waals surface area contributed by atoms with Gasteiger partial charge in [-0.25, -0.2) is 4.39 Å². The highest BCUT2D eigenvalue weighted by Crippen LogP contribution is 2.31. The van der Waals surface area contributed by atoms with Gasteiger partial charge in [0.15, 0.2) is 0 Å². The highest BCUT2D eigenvalue weighted by Gasteiger charge is 2.18. The van der Waals surface area contributed by atoms with Crippen LogP contribution in [0.5, 0.6) is 0 Å². The lowest BCUT2D eigenvalue weighted by molar-refractivity contribution is 0.599. The number of thiophene rings is 1. The van der Waals surface area contributed by atoms with Crippen LogP contribution in [0, 0.1) is 12.7 Å². The molecule has 2 aromatic rings. The largest absolute Gasteiger partial charge is 0.320 e. The van der Waals surface area contributed by atoms with E-state index in [2.05, 4.69) is 0 Å². The molecule has 0 fully saturated rings. The van der Waals surface area contributed by atoms with E-state index in [1.807, 2.05) is 23.8 Å². The Balaban J connectivity index is 0.00000144. The van der Waals surface area contributed by atoms with E-state index in [9.17, 15) is 4.39 Å². The van der Waals surface area contributed by atoms with Crippen molar-refractivity contribution in [2.24, 2.45) is 5.73 Å². The third kappa shape index (κ3) is 2.80. The molecule has 1 heterocycles. The Morgan fingerprint density at radius 3 is 2.65 bits per heavy atom. The Hall–Kier alpha value is -0.610. The summed E-state index contributed by atoms with van der Waals surface area (Å²) < 4.78 is 13.7. The fourth-order valence-electron chi connectivity index (χ4n) is 1.58. The van der Waals surface area contributed by atoms with Gasteiger partial charge >= 0.3 is 0 Å². The van der Waals surface area contributed by atoms with Crippen LogP contribution in [0.15, 0.2) is 29.0 Å². The lowest BCUT2D eigenvalue weighted by Gasteiger charge is -2.14. The van der Waals surface area contributed by atoms with Crippen molar-refractivity contribution in [1.82, 2.24) is 0 Å². The van der Waals surface area contributed by atoms with Crippen molar-refractivity contribution in [2.75, 3.05) is 0 Å². The van der Waals surface area contributed by atoms with E-state index in [0.717, 1.165) is 11.1 Å². The van der Waals surface area contributed by atoms with Crippen LogP contribution in [0.3, 0.4) is 0 Å². The zero-order valence-electron chi connectivity index (χ0n) is 9.11. The predicted molar refractivity (Wildman–Crippen MR) is 73.7 cm³/mol. The predicted octanol–water partition coefficient (Wildman–Crippen LogP) is 4.32. The van der Waals surface area contributed by atoms with Gasteiger partial charge in [0.1, 0.15) is 5.82 Å². The molecule has 1 aromatic heterocycles. The molecule has 0 radical (unpaired) electrons. The van der Waals surface area contributed by atoms with Crippen molar-refractivity contribution < 1.29 is 4.39 Å². The minimum absolute atomic E-state index is 0. The summed E-state index contributed by atoms with van der Waals surface area (Å²) in [5.41, 5.74) is 8.11. The number of hydrogen-bond acceptors (Lipinski definition) is 2. The third-order valence-corrected chi connectivity index (χ3v) is 3.74. The standard InChI is InChI=1S/C12H11ClFNS.ClH/c1-7-2-3-9(14)10(11(7)13)12(15)8-4-5-16-6-8;/h2-6,12H,15H2,1H3;1H/t12-;/m0./s1. The molecule has 5 heteroatoms. The quantitative estimate of drug-likeness (QED) is 0.876. The summed E-state index contributed by atoms with van der Waals surface area (Å²) in [7, 11) is 0. The molecule has 0 amide bonds. The molecule has 0 unspecified atom stereocenters. The van der Waals surface area contributed by atoms with Crippen LogP contribution in [0.4, 0.5) is 4.39 Å². The minimum atomic E-state index is -0.501. The highest BCUT2D eigenvalue weighted by atomic mass is 35.5. The van der Waals surface area contributed by atoms with Crippen molar-refractivity contribution in [2.45, 2.75) is 13.0 Å². The Labute approximate surface area is 115 Å². The van der Waals surface area contributed by atoms with E-state index in [-0.39, 0.29) is 18.2 Å². The van der Waals surface area contributed by atoms with Crippen molar-refractivity contribution in [1.29, 1.82) is 0 Å². The molecule has 0 aliphatic heterocycles. The smallest absolute Gasteiger partial charge is 0.129 e. The highest BCUT2D eigenvalue weighted by molar-refractivity contribution is 7.08. The van der Waals surface area contributed by atoms with Gasteiger partial charge in [0.05, 0.1) is 11.1 Å². The molecule has 17 heavy (non-hydrogen) atoms. The molecule has 2 N–H and O–H groups in total. The fraction of sp³-hybridized carbons (Fsp3) is 0.167. The zero-order valence-corrected chi connectivity index (χ0v) is 11.5. The molecule has 1 nitrogen and oxygen atoms in total. The van der Waals surface area contributed by atoms with Gasteiger partial charge in [-0.1, -0.05) is 17.7 Å². The third-order valence-electron chi connectivity index (χ3n) is 2.53. The van der Waals surface area contributed by atoms with Gasteiger partial charge in [-0.05, 0) is 40.9 Å². The lowest BCUT2D eigenvalue weighted by atomic mass is 10.00. The van der Waals surface area contributed by atoms with Crippen molar-refractivity contribution in [3.8, 4) is 0 Å². The molecule has 0 saturated heterocycles. The maximum absolute atomic E-state index is 13.7. The van der Waals surface area contributed by atoms with E-state index < -0.39 is 6.04 Å². The van der Waals surface area contributed by atoms with E-state index in [1.165, 1.54) is 17.4 Å². The average molecular weight is 292 g/mol. The van der Waals surface area contributed by atoms with Crippen molar-refractivity contribution in [3.05, 3.63) is 56.5 Å². The molecule has 0 aliphatic carbocycles. The lowest BCUT2D eigenvalue weighted by Crippen LogP contribution is -2.14. The summed E-state index contributed by atoms with van der Waals surface area (Å²) in [5.74, 6) is -0.352. The topological polar surface area (TPSA) is 26.0 Å². The summed E-state index contributed by atoms with van der Waals surface area (Å²) in [6, 6.07) is 4.44. The van der Waals surface area contributed by atoms with Gasteiger partial charge in [-0.15, -0.1) is 12.4 Å². The molecule has 0 saturated carbocycles. The number of benzene rings is 1. The summed E-state index contributed by atoms with van der Waals surface area (Å²) in [5, 5.41) is 4.23. The van der Waals surface area contributed by atoms with Crippen LogP contribution in [0.25, 0.3) is 0 Å². The second kappa shape index (κ2) is 5.83. The molecule has 92 valence electrons. The van der Waals surface area contributed by atoms with Crippen LogP contribution >= 0.6 is 35.3 Å². The number of hydrogen-bond donors (Lipinski definition) is 1. The van der Waals surface area contributed by atoms with Gasteiger partial charge in [-0.3, -0.25) is 0 Å². The molecule has 0 bridgehead atoms. The Morgan fingerprint density at radius 1 is 1.35 bits per heavy atom. The van der Waals surface area contributed by atoms with Gasteiger partial charge in [0.2, 0.25) is 0 Å². The van der Waals surface area contributed by atoms with Crippen LogP contribution < -0.4 is 5.73 Å². The molecule has 0 spiro atoms. The van der Waals surface area contributed by atoms with Crippen molar-refractivity contribution in [3.63, 3.8) is 0 Å². The van der Waals surface area contributed by atoms with Crippen LogP contribution in [-0.2, 0) is 0 Å². The molecule has 1 atom stereocenters. The second-order valence-electron chi connectivity index (χ2n) is 3.63. The zero-order chi connectivity index (χ0) is 11.7. The Morgan fingerprint density at radius 2 is 2.06 bits per heavy atom. The first-order chi connectivity index (χ1) is 7.61. The minimum Gasteiger partial charge on any atom is -0.320 e. The van der Waals surface area contributed by atoms with Gasteiger partial charge in [0.25, 0.3) is 0 Å². The molecule has 1 aromatic carbocycles. The van der Waals surface area contributed by atoms with Crippen LogP contribution in [-0.4, -0.2) is 0 Å². The summed E-state index contributed by atoms with van der Waals surface area (Å²) in [4.78, 5) is 0. The van der Waals surface area contributed by atoms with E-state index >= 15 is 0 Å². The summed E-state index contributed by atoms with van der Waals surface area (Å²) >= 11 is 7.63. The fourth-order valence-corrected chi connectivity index (χ4v) is 2.55. The number of halogens is 3.